The molecule has 1 aromatic heterocycles. The number of carbonyl (C=O) groups is 2. The highest BCUT2D eigenvalue weighted by atomic mass is 16.2. The summed E-state index contributed by atoms with van der Waals surface area (Å²) < 4.78 is 1.39. The van der Waals surface area contributed by atoms with E-state index in [1.807, 2.05) is 58.3 Å². The molecule has 3 aromatic rings. The maximum atomic E-state index is 13.0. The van der Waals surface area contributed by atoms with Crippen molar-refractivity contribution in [2.24, 2.45) is 18.5 Å². The number of amides is 2. The Labute approximate surface area is 243 Å². The molecule has 2 saturated heterocycles. The molecule has 0 atom stereocenters. The molecular weight excluding hydrogens is 536 g/mol. The molecule has 2 aliphatic heterocycles. The Bertz CT molecular complexity index is 1450. The topological polar surface area (TPSA) is 189 Å². The molecule has 3 heterocycles. The number of hydrogen-bond acceptors (Lipinski definition) is 7. The van der Waals surface area contributed by atoms with E-state index in [-0.39, 0.29) is 29.2 Å². The highest BCUT2D eigenvalue weighted by Gasteiger charge is 2.21. The Kier molecular flexibility index (Phi) is 8.13. The van der Waals surface area contributed by atoms with E-state index in [0.717, 1.165) is 37.6 Å². The van der Waals surface area contributed by atoms with Gasteiger partial charge >= 0.3 is 0 Å². The molecule has 14 nitrogen and oxygen atoms in total. The molecule has 0 bridgehead atoms. The Balaban J connectivity index is 1.15. The number of carbonyl (C=O) groups excluding carboxylic acids is 2. The first kappa shape index (κ1) is 28.3. The quantitative estimate of drug-likeness (QED) is 0.185. The van der Waals surface area contributed by atoms with E-state index >= 15 is 0 Å². The molecule has 42 heavy (non-hydrogen) atoms. The lowest BCUT2D eigenvalue weighted by atomic mass is 10.2. The molecule has 2 amide bonds. The highest BCUT2D eigenvalue weighted by Crippen LogP contribution is 2.22. The maximum absolute atomic E-state index is 13.0. The van der Waals surface area contributed by atoms with Crippen LogP contribution in [0.3, 0.4) is 0 Å². The van der Waals surface area contributed by atoms with Gasteiger partial charge in [0.2, 0.25) is 0 Å². The number of benzene rings is 2. The first-order valence-electron chi connectivity index (χ1n) is 13.7. The second-order valence-corrected chi connectivity index (χ2v) is 10.3. The SMILES string of the molecule is Cn1nc(C(=O)Nc2ccc(N3CCN(C(=N)N)CC3)cc2)cc1C(=O)Nc1ccc(N2CCN(C(=N)N)CC2)cc1. The molecule has 5 rings (SSSR count). The fraction of sp³-hybridized carbons (Fsp3) is 0.321. The zero-order valence-electron chi connectivity index (χ0n) is 23.5. The molecular formula is C28H36N12O2. The van der Waals surface area contributed by atoms with Crippen molar-refractivity contribution in [3.63, 3.8) is 0 Å². The van der Waals surface area contributed by atoms with Gasteiger partial charge < -0.3 is 41.7 Å². The summed E-state index contributed by atoms with van der Waals surface area (Å²) in [6.45, 7) is 5.79. The van der Waals surface area contributed by atoms with Gasteiger partial charge in [-0.3, -0.25) is 25.1 Å². The number of nitrogens with zero attached hydrogens (tertiary/aromatic N) is 6. The standard InChI is InChI=1S/C28H36N12O2/c1-36-24(26(42)34-20-4-8-22(9-5-20)38-12-16-40(17-13-38)28(31)32)18-23(35-36)25(41)33-19-2-6-21(7-3-19)37-10-14-39(15-11-37)27(29)30/h2-9,18H,10-17H2,1H3,(H3,29,30)(H3,31,32)(H,33,41)(H,34,42). The van der Waals surface area contributed by atoms with Gasteiger partial charge in [0.05, 0.1) is 0 Å². The van der Waals surface area contributed by atoms with E-state index in [0.29, 0.717) is 37.6 Å². The number of nitrogens with one attached hydrogen (secondary N) is 4. The van der Waals surface area contributed by atoms with Gasteiger partial charge in [-0.05, 0) is 48.5 Å². The number of nitrogens with two attached hydrogens (primary N) is 2. The summed E-state index contributed by atoms with van der Waals surface area (Å²) in [5.41, 5.74) is 14.8. The molecule has 0 saturated carbocycles. The number of rotatable bonds is 6. The van der Waals surface area contributed by atoms with Crippen molar-refractivity contribution in [2.45, 2.75) is 0 Å². The van der Waals surface area contributed by atoms with E-state index in [2.05, 4.69) is 25.5 Å². The summed E-state index contributed by atoms with van der Waals surface area (Å²) in [6, 6.07) is 16.6. The third-order valence-corrected chi connectivity index (χ3v) is 7.57. The van der Waals surface area contributed by atoms with Crippen LogP contribution >= 0.6 is 0 Å². The van der Waals surface area contributed by atoms with E-state index in [1.165, 1.54) is 10.7 Å². The van der Waals surface area contributed by atoms with Crippen LogP contribution in [-0.2, 0) is 7.05 Å². The van der Waals surface area contributed by atoms with Crippen LogP contribution in [0.4, 0.5) is 22.7 Å². The molecule has 2 fully saturated rings. The van der Waals surface area contributed by atoms with Crippen LogP contribution in [-0.4, -0.2) is 95.7 Å². The van der Waals surface area contributed by atoms with Crippen LogP contribution in [0.15, 0.2) is 54.6 Å². The lowest BCUT2D eigenvalue weighted by Gasteiger charge is -2.36. The Morgan fingerprint density at radius 2 is 1.10 bits per heavy atom. The fourth-order valence-corrected chi connectivity index (χ4v) is 5.10. The van der Waals surface area contributed by atoms with Crippen molar-refractivity contribution >= 4 is 46.5 Å². The molecule has 0 unspecified atom stereocenters. The minimum Gasteiger partial charge on any atom is -0.370 e. The number of aryl methyl sites for hydroxylation is 1. The van der Waals surface area contributed by atoms with Gasteiger partial charge in [-0.1, -0.05) is 0 Å². The Morgan fingerprint density at radius 1 is 0.690 bits per heavy atom. The largest absolute Gasteiger partial charge is 0.370 e. The first-order valence-corrected chi connectivity index (χ1v) is 13.7. The zero-order chi connectivity index (χ0) is 29.8. The third kappa shape index (κ3) is 6.37. The molecule has 220 valence electrons. The smallest absolute Gasteiger partial charge is 0.276 e. The summed E-state index contributed by atoms with van der Waals surface area (Å²) in [5, 5.41) is 25.1. The minimum absolute atomic E-state index is 0.0924. The summed E-state index contributed by atoms with van der Waals surface area (Å²) in [7, 11) is 1.62. The average Bonchev–Trinajstić information content (AvgIpc) is 3.40. The zero-order valence-corrected chi connectivity index (χ0v) is 23.5. The van der Waals surface area contributed by atoms with Gasteiger partial charge in [-0.15, -0.1) is 0 Å². The predicted octanol–water partition coefficient (Wildman–Crippen LogP) is 0.956. The van der Waals surface area contributed by atoms with Gasteiger partial charge in [0.25, 0.3) is 11.8 Å². The Morgan fingerprint density at radius 3 is 1.50 bits per heavy atom. The predicted molar refractivity (Wildman–Crippen MR) is 163 cm³/mol. The summed E-state index contributed by atoms with van der Waals surface area (Å²) in [6.07, 6.45) is 0. The van der Waals surface area contributed by atoms with Crippen molar-refractivity contribution in [3.05, 3.63) is 66.0 Å². The van der Waals surface area contributed by atoms with Gasteiger partial charge in [0.1, 0.15) is 5.69 Å². The van der Waals surface area contributed by atoms with E-state index in [9.17, 15) is 9.59 Å². The number of guanidine groups is 2. The lowest BCUT2D eigenvalue weighted by molar-refractivity contribution is 0.101. The van der Waals surface area contributed by atoms with Gasteiger partial charge in [0.15, 0.2) is 17.6 Å². The van der Waals surface area contributed by atoms with Crippen molar-refractivity contribution < 1.29 is 9.59 Å². The van der Waals surface area contributed by atoms with Crippen molar-refractivity contribution in [1.82, 2.24) is 19.6 Å². The molecule has 0 aliphatic carbocycles. The normalized spacial score (nSPS) is 15.4. The van der Waals surface area contributed by atoms with Gasteiger partial charge in [-0.2, -0.15) is 5.10 Å². The maximum Gasteiger partial charge on any atom is 0.276 e. The van der Waals surface area contributed by atoms with Crippen LogP contribution in [0.1, 0.15) is 21.0 Å². The van der Waals surface area contributed by atoms with Gasteiger partial charge in [-0.25, -0.2) is 0 Å². The summed E-state index contributed by atoms with van der Waals surface area (Å²) in [5.74, 6) is -0.604. The van der Waals surface area contributed by atoms with Crippen molar-refractivity contribution in [1.29, 1.82) is 10.8 Å². The average molecular weight is 573 g/mol. The second kappa shape index (κ2) is 12.1. The van der Waals surface area contributed by atoms with E-state index in [4.69, 9.17) is 22.3 Å². The highest BCUT2D eigenvalue weighted by molar-refractivity contribution is 6.07. The van der Waals surface area contributed by atoms with Crippen LogP contribution in [0.5, 0.6) is 0 Å². The molecule has 14 heteroatoms. The number of anilines is 4. The fourth-order valence-electron chi connectivity index (χ4n) is 5.10. The van der Waals surface area contributed by atoms with Crippen LogP contribution in [0, 0.1) is 10.8 Å². The molecule has 8 N–H and O–H groups in total. The van der Waals surface area contributed by atoms with Gasteiger partial charge in [0, 0.05) is 88.2 Å². The minimum atomic E-state index is -0.415. The van der Waals surface area contributed by atoms with Crippen LogP contribution < -0.4 is 31.9 Å². The van der Waals surface area contributed by atoms with Crippen molar-refractivity contribution in [3.8, 4) is 0 Å². The third-order valence-electron chi connectivity index (χ3n) is 7.57. The van der Waals surface area contributed by atoms with Crippen molar-refractivity contribution in [2.75, 3.05) is 72.8 Å². The van der Waals surface area contributed by atoms with Crippen LogP contribution in [0.25, 0.3) is 0 Å². The first-order chi connectivity index (χ1) is 20.2. The summed E-state index contributed by atoms with van der Waals surface area (Å²) >= 11 is 0. The monoisotopic (exact) mass is 572 g/mol. The molecule has 0 spiro atoms. The second-order valence-electron chi connectivity index (χ2n) is 10.3. The van der Waals surface area contributed by atoms with E-state index in [1.54, 1.807) is 7.05 Å². The van der Waals surface area contributed by atoms with E-state index < -0.39 is 5.91 Å². The number of hydrogen-bond donors (Lipinski definition) is 6. The Hall–Kier alpha value is -5.27. The molecule has 2 aromatic carbocycles. The number of piperazine rings is 2. The number of aromatic nitrogens is 2. The molecule has 0 radical (unpaired) electrons. The summed E-state index contributed by atoms with van der Waals surface area (Å²) in [4.78, 5) is 34.0. The molecule has 2 aliphatic rings. The lowest BCUT2D eigenvalue weighted by Crippen LogP contribution is -2.50. The van der Waals surface area contributed by atoms with Crippen LogP contribution in [0.2, 0.25) is 0 Å².